The van der Waals surface area contributed by atoms with Gasteiger partial charge in [-0.15, -0.1) is 0 Å². The number of rotatable bonds is 8. The Kier molecular flexibility index (Phi) is 6.32. The van der Waals surface area contributed by atoms with E-state index in [0.717, 1.165) is 22.0 Å². The van der Waals surface area contributed by atoms with Crippen molar-refractivity contribution in [2.24, 2.45) is 5.73 Å². The second-order valence-electron chi connectivity index (χ2n) is 7.61. The van der Waals surface area contributed by atoms with Gasteiger partial charge in [0.1, 0.15) is 22.2 Å². The molecule has 0 saturated carbocycles. The molecule has 4 aromatic rings. The van der Waals surface area contributed by atoms with Crippen molar-refractivity contribution < 1.29 is 17.9 Å². The van der Waals surface area contributed by atoms with Crippen molar-refractivity contribution in [3.05, 3.63) is 84.1 Å². The van der Waals surface area contributed by atoms with E-state index in [1.807, 2.05) is 36.4 Å². The number of hydrogen-bond acceptors (Lipinski definition) is 7. The van der Waals surface area contributed by atoms with Crippen LogP contribution in [0.1, 0.15) is 21.7 Å². The van der Waals surface area contributed by atoms with Crippen LogP contribution >= 0.6 is 0 Å². The normalized spacial score (nSPS) is 11.4. The van der Waals surface area contributed by atoms with Crippen LogP contribution in [-0.2, 0) is 22.9 Å². The number of benzene rings is 1. The van der Waals surface area contributed by atoms with E-state index in [2.05, 4.69) is 15.0 Å². The summed E-state index contributed by atoms with van der Waals surface area (Å²) in [6.07, 6.45) is 6.56. The van der Waals surface area contributed by atoms with E-state index in [4.69, 9.17) is 10.5 Å². The molecular formula is C24H22N4O4S. The highest BCUT2D eigenvalue weighted by molar-refractivity contribution is 7.90. The van der Waals surface area contributed by atoms with Crippen molar-refractivity contribution in [2.75, 3.05) is 12.0 Å². The summed E-state index contributed by atoms with van der Waals surface area (Å²) in [5.74, 6) is 0.0692. The highest BCUT2D eigenvalue weighted by Crippen LogP contribution is 2.32. The van der Waals surface area contributed by atoms with Crippen molar-refractivity contribution >= 4 is 26.6 Å². The van der Waals surface area contributed by atoms with Gasteiger partial charge in [0.2, 0.25) is 0 Å². The monoisotopic (exact) mass is 462 g/mol. The Morgan fingerprint density at radius 3 is 2.52 bits per heavy atom. The molecule has 0 unspecified atom stereocenters. The third-order valence-corrected chi connectivity index (χ3v) is 6.04. The van der Waals surface area contributed by atoms with Crippen LogP contribution in [-0.4, -0.2) is 41.3 Å². The number of aryl methyl sites for hydroxylation is 1. The van der Waals surface area contributed by atoms with Crippen molar-refractivity contribution in [3.63, 3.8) is 0 Å². The molecule has 1 amide bonds. The molecule has 33 heavy (non-hydrogen) atoms. The van der Waals surface area contributed by atoms with Crippen LogP contribution in [0.25, 0.3) is 22.0 Å². The molecule has 3 heterocycles. The number of hydrogen-bond donors (Lipinski definition) is 1. The summed E-state index contributed by atoms with van der Waals surface area (Å²) in [6, 6.07) is 14.5. The van der Waals surface area contributed by atoms with Gasteiger partial charge in [-0.2, -0.15) is 0 Å². The maximum absolute atomic E-state index is 11.7. The first-order valence-corrected chi connectivity index (χ1v) is 12.2. The Labute approximate surface area is 191 Å². The number of carbonyl (C=O) groups excluding carboxylic acids is 1. The largest absolute Gasteiger partial charge is 0.487 e. The molecule has 1 aromatic carbocycles. The summed E-state index contributed by atoms with van der Waals surface area (Å²) >= 11 is 0. The molecular weight excluding hydrogens is 440 g/mol. The van der Waals surface area contributed by atoms with Gasteiger partial charge in [0, 0.05) is 47.9 Å². The van der Waals surface area contributed by atoms with Crippen LogP contribution in [0.5, 0.6) is 5.75 Å². The lowest BCUT2D eigenvalue weighted by Gasteiger charge is -2.13. The van der Waals surface area contributed by atoms with Crippen LogP contribution in [0.3, 0.4) is 0 Å². The highest BCUT2D eigenvalue weighted by atomic mass is 32.2. The summed E-state index contributed by atoms with van der Waals surface area (Å²) < 4.78 is 28.9. The molecule has 0 aliphatic heterocycles. The van der Waals surface area contributed by atoms with E-state index >= 15 is 0 Å². The topological polar surface area (TPSA) is 125 Å². The number of nitrogens with zero attached hydrogens (tertiary/aromatic N) is 3. The number of fused-ring (bicyclic) bond motifs is 1. The summed E-state index contributed by atoms with van der Waals surface area (Å²) in [4.78, 5) is 24.8. The van der Waals surface area contributed by atoms with E-state index < -0.39 is 15.7 Å². The fourth-order valence-electron chi connectivity index (χ4n) is 3.39. The zero-order valence-corrected chi connectivity index (χ0v) is 18.7. The fourth-order valence-corrected chi connectivity index (χ4v) is 3.97. The zero-order valence-electron chi connectivity index (χ0n) is 17.9. The van der Waals surface area contributed by atoms with Crippen LogP contribution in [0.4, 0.5) is 0 Å². The van der Waals surface area contributed by atoms with Crippen molar-refractivity contribution in [1.29, 1.82) is 0 Å². The molecule has 0 aliphatic carbocycles. The first-order valence-electron chi connectivity index (χ1n) is 10.2. The van der Waals surface area contributed by atoms with Crippen molar-refractivity contribution in [1.82, 2.24) is 15.0 Å². The van der Waals surface area contributed by atoms with Crippen molar-refractivity contribution in [3.8, 4) is 16.9 Å². The second kappa shape index (κ2) is 9.33. The third-order valence-electron chi connectivity index (χ3n) is 5.09. The molecule has 0 radical (unpaired) electrons. The molecule has 0 fully saturated rings. The molecule has 8 nitrogen and oxygen atoms in total. The van der Waals surface area contributed by atoms with E-state index in [-0.39, 0.29) is 12.4 Å². The maximum Gasteiger partial charge on any atom is 0.250 e. The summed E-state index contributed by atoms with van der Waals surface area (Å²) in [6.45, 7) is 0.0647. The predicted octanol–water partition coefficient (Wildman–Crippen LogP) is 2.96. The Morgan fingerprint density at radius 1 is 1.00 bits per heavy atom. The quantitative estimate of drug-likeness (QED) is 0.427. The average Bonchev–Trinajstić information content (AvgIpc) is 2.81. The summed E-state index contributed by atoms with van der Waals surface area (Å²) in [5.41, 5.74) is 9.33. The minimum Gasteiger partial charge on any atom is -0.487 e. The Bertz CT molecular complexity index is 1420. The second-order valence-corrected chi connectivity index (χ2v) is 9.87. The van der Waals surface area contributed by atoms with E-state index in [1.54, 1.807) is 30.7 Å². The molecule has 0 spiro atoms. The van der Waals surface area contributed by atoms with Crippen LogP contribution in [0.15, 0.2) is 67.1 Å². The molecule has 2 N–H and O–H groups in total. The molecule has 4 rings (SSSR count). The zero-order chi connectivity index (χ0) is 23.4. The van der Waals surface area contributed by atoms with Gasteiger partial charge < -0.3 is 10.5 Å². The molecule has 0 aliphatic rings. The third kappa shape index (κ3) is 5.50. The molecule has 168 valence electrons. The average molecular weight is 463 g/mol. The Balaban J connectivity index is 1.64. The number of sulfone groups is 1. The maximum atomic E-state index is 11.7. The number of carbonyl (C=O) groups is 1. The van der Waals surface area contributed by atoms with Gasteiger partial charge in [-0.3, -0.25) is 19.7 Å². The van der Waals surface area contributed by atoms with Gasteiger partial charge in [-0.25, -0.2) is 8.42 Å². The van der Waals surface area contributed by atoms with E-state index in [9.17, 15) is 13.2 Å². The Hall–Kier alpha value is -3.85. The lowest BCUT2D eigenvalue weighted by Crippen LogP contribution is -2.15. The number of aromatic nitrogens is 3. The standard InChI is InChI=1S/C24H22N4O4S/c1-33(30,31)11-8-18-7-6-16(14-28-18)17-12-21-19(4-2-9-26-21)23(13-17)32-15-22-20(24(25)29)5-3-10-27-22/h2-7,9-10,12-14H,8,11,15H2,1H3,(H2,25,29). The number of pyridine rings is 3. The smallest absolute Gasteiger partial charge is 0.250 e. The number of nitrogens with two attached hydrogens (primary N) is 1. The molecule has 0 bridgehead atoms. The molecule has 0 saturated heterocycles. The molecule has 9 heteroatoms. The summed E-state index contributed by atoms with van der Waals surface area (Å²) in [7, 11) is -3.05. The van der Waals surface area contributed by atoms with Gasteiger partial charge in [0.25, 0.3) is 5.91 Å². The van der Waals surface area contributed by atoms with Gasteiger partial charge in [-0.05, 0) is 48.0 Å². The van der Waals surface area contributed by atoms with Crippen LogP contribution in [0.2, 0.25) is 0 Å². The fraction of sp³-hybridized carbons (Fsp3) is 0.167. The molecule has 0 atom stereocenters. The van der Waals surface area contributed by atoms with Crippen LogP contribution in [0, 0.1) is 0 Å². The van der Waals surface area contributed by atoms with Gasteiger partial charge in [0.15, 0.2) is 0 Å². The van der Waals surface area contributed by atoms with Crippen LogP contribution < -0.4 is 10.5 Å². The first kappa shape index (κ1) is 22.3. The van der Waals surface area contributed by atoms with E-state index in [1.165, 1.54) is 6.26 Å². The van der Waals surface area contributed by atoms with Gasteiger partial charge >= 0.3 is 0 Å². The minimum absolute atomic E-state index is 0.0536. The minimum atomic E-state index is -3.05. The van der Waals surface area contributed by atoms with Gasteiger partial charge in [0.05, 0.1) is 22.5 Å². The number of ether oxygens (including phenoxy) is 1. The number of amides is 1. The first-order chi connectivity index (χ1) is 15.8. The molecule has 3 aromatic heterocycles. The van der Waals surface area contributed by atoms with E-state index in [0.29, 0.717) is 29.1 Å². The SMILES string of the molecule is CS(=O)(=O)CCc1ccc(-c2cc(OCc3ncccc3C(N)=O)c3cccnc3c2)cn1. The lowest BCUT2D eigenvalue weighted by molar-refractivity contribution is 0.0997. The Morgan fingerprint density at radius 2 is 1.79 bits per heavy atom. The predicted molar refractivity (Wildman–Crippen MR) is 125 cm³/mol. The number of primary amides is 1. The summed E-state index contributed by atoms with van der Waals surface area (Å²) in [5, 5.41) is 0.815. The highest BCUT2D eigenvalue weighted by Gasteiger charge is 2.13. The lowest BCUT2D eigenvalue weighted by atomic mass is 10.0. The van der Waals surface area contributed by atoms with Crippen molar-refractivity contribution in [2.45, 2.75) is 13.0 Å². The van der Waals surface area contributed by atoms with Gasteiger partial charge in [-0.1, -0.05) is 6.07 Å².